The molecule has 0 bridgehead atoms. The predicted molar refractivity (Wildman–Crippen MR) is 98.9 cm³/mol. The van der Waals surface area contributed by atoms with Crippen LogP contribution in [-0.4, -0.2) is 43.7 Å². The summed E-state index contributed by atoms with van der Waals surface area (Å²) in [6.07, 6.45) is 3.31. The van der Waals surface area contributed by atoms with Gasteiger partial charge in [-0.25, -0.2) is 0 Å². The van der Waals surface area contributed by atoms with Crippen LogP contribution in [0.2, 0.25) is 0 Å². The molecular formula is C17H26BrClN2O2. The Morgan fingerprint density at radius 2 is 2.13 bits per heavy atom. The van der Waals surface area contributed by atoms with Gasteiger partial charge in [-0.1, -0.05) is 28.1 Å². The average Bonchev–Trinajstić information content (AvgIpc) is 2.51. The lowest BCUT2D eigenvalue weighted by Crippen LogP contribution is -2.45. The van der Waals surface area contributed by atoms with Gasteiger partial charge in [0.1, 0.15) is 0 Å². The molecule has 1 amide bonds. The summed E-state index contributed by atoms with van der Waals surface area (Å²) in [5.74, 6) is 0.215. The summed E-state index contributed by atoms with van der Waals surface area (Å²) >= 11 is 3.49. The minimum absolute atomic E-state index is 0. The van der Waals surface area contributed by atoms with Crippen LogP contribution in [0.4, 0.5) is 0 Å². The Morgan fingerprint density at radius 1 is 1.43 bits per heavy atom. The number of piperidine rings is 1. The number of nitrogens with two attached hydrogens (primary N) is 1. The number of nitrogens with zero attached hydrogens (tertiary/aromatic N) is 1. The molecule has 2 rings (SSSR count). The summed E-state index contributed by atoms with van der Waals surface area (Å²) in [5.41, 5.74) is 7.11. The lowest BCUT2D eigenvalue weighted by Gasteiger charge is -2.33. The van der Waals surface area contributed by atoms with Gasteiger partial charge in [0.05, 0.1) is 0 Å². The van der Waals surface area contributed by atoms with Crippen LogP contribution in [0, 0.1) is 5.92 Å². The van der Waals surface area contributed by atoms with Crippen molar-refractivity contribution in [2.45, 2.75) is 31.7 Å². The molecule has 0 saturated carbocycles. The Hall–Kier alpha value is -0.620. The SMILES string of the molecule is COCCC(Cc1cccc(Br)c1)C(=O)N1CCC(N)CC1.Cl. The van der Waals surface area contributed by atoms with Crippen LogP contribution in [0.25, 0.3) is 0 Å². The maximum Gasteiger partial charge on any atom is 0.226 e. The first-order chi connectivity index (χ1) is 10.6. The fourth-order valence-corrected chi connectivity index (χ4v) is 3.35. The summed E-state index contributed by atoms with van der Waals surface area (Å²) in [7, 11) is 1.68. The van der Waals surface area contributed by atoms with Crippen LogP contribution >= 0.6 is 28.3 Å². The van der Waals surface area contributed by atoms with Gasteiger partial charge < -0.3 is 15.4 Å². The Morgan fingerprint density at radius 3 is 2.74 bits per heavy atom. The van der Waals surface area contributed by atoms with Crippen molar-refractivity contribution in [1.82, 2.24) is 4.90 Å². The molecule has 1 aliphatic heterocycles. The Bertz CT molecular complexity index is 493. The first-order valence-electron chi connectivity index (χ1n) is 7.88. The maximum absolute atomic E-state index is 12.8. The van der Waals surface area contributed by atoms with Gasteiger partial charge in [0, 0.05) is 43.2 Å². The van der Waals surface area contributed by atoms with E-state index in [9.17, 15) is 4.79 Å². The van der Waals surface area contributed by atoms with E-state index in [0.29, 0.717) is 6.61 Å². The molecule has 4 nitrogen and oxygen atoms in total. The van der Waals surface area contributed by atoms with E-state index in [2.05, 4.69) is 28.1 Å². The number of halogens is 2. The molecule has 6 heteroatoms. The zero-order chi connectivity index (χ0) is 15.9. The fraction of sp³-hybridized carbons (Fsp3) is 0.588. The van der Waals surface area contributed by atoms with Gasteiger partial charge in [-0.2, -0.15) is 0 Å². The number of amides is 1. The van der Waals surface area contributed by atoms with Gasteiger partial charge in [-0.05, 0) is 43.4 Å². The number of carbonyl (C=O) groups is 1. The van der Waals surface area contributed by atoms with E-state index in [4.69, 9.17) is 10.5 Å². The highest BCUT2D eigenvalue weighted by Crippen LogP contribution is 2.21. The minimum atomic E-state index is -0.0245. The predicted octanol–water partition coefficient (Wildman–Crippen LogP) is 3.02. The van der Waals surface area contributed by atoms with Crippen LogP contribution < -0.4 is 5.73 Å². The topological polar surface area (TPSA) is 55.6 Å². The first-order valence-corrected chi connectivity index (χ1v) is 8.67. The van der Waals surface area contributed by atoms with E-state index in [-0.39, 0.29) is 30.3 Å². The molecular weight excluding hydrogens is 380 g/mol. The summed E-state index contributed by atoms with van der Waals surface area (Å²) in [6, 6.07) is 8.41. The molecule has 1 aliphatic rings. The summed E-state index contributed by atoms with van der Waals surface area (Å²) in [4.78, 5) is 14.8. The maximum atomic E-state index is 12.8. The van der Waals surface area contributed by atoms with Crippen molar-refractivity contribution in [3.63, 3.8) is 0 Å². The van der Waals surface area contributed by atoms with Crippen LogP contribution in [0.1, 0.15) is 24.8 Å². The van der Waals surface area contributed by atoms with E-state index < -0.39 is 0 Å². The molecule has 1 saturated heterocycles. The highest BCUT2D eigenvalue weighted by atomic mass is 79.9. The van der Waals surface area contributed by atoms with Crippen LogP contribution in [-0.2, 0) is 16.0 Å². The Kier molecular flexibility index (Phi) is 9.14. The van der Waals surface area contributed by atoms with E-state index in [1.54, 1.807) is 7.11 Å². The van der Waals surface area contributed by atoms with Crippen molar-refractivity contribution in [3.05, 3.63) is 34.3 Å². The summed E-state index contributed by atoms with van der Waals surface area (Å²) in [6.45, 7) is 2.17. The third-order valence-electron chi connectivity index (χ3n) is 4.24. The quantitative estimate of drug-likeness (QED) is 0.791. The van der Waals surface area contributed by atoms with Gasteiger partial charge in [-0.15, -0.1) is 12.4 Å². The number of ether oxygens (including phenoxy) is 1. The standard InChI is InChI=1S/C17H25BrN2O2.ClH/c1-22-10-7-14(11-13-3-2-4-15(18)12-13)17(21)20-8-5-16(19)6-9-20;/h2-4,12,14,16H,5-11,19H2,1H3;1H. The number of benzene rings is 1. The number of hydrogen-bond acceptors (Lipinski definition) is 3. The van der Waals surface area contributed by atoms with Gasteiger partial charge in [0.2, 0.25) is 5.91 Å². The molecule has 1 heterocycles. The minimum Gasteiger partial charge on any atom is -0.385 e. The molecule has 1 fully saturated rings. The molecule has 0 aliphatic carbocycles. The highest BCUT2D eigenvalue weighted by Gasteiger charge is 2.27. The number of methoxy groups -OCH3 is 1. The smallest absolute Gasteiger partial charge is 0.226 e. The molecule has 1 aromatic rings. The molecule has 130 valence electrons. The average molecular weight is 406 g/mol. The third kappa shape index (κ3) is 6.42. The molecule has 1 unspecified atom stereocenters. The van der Waals surface area contributed by atoms with Gasteiger partial charge in [-0.3, -0.25) is 4.79 Å². The second-order valence-corrected chi connectivity index (χ2v) is 6.89. The summed E-state index contributed by atoms with van der Waals surface area (Å²) in [5, 5.41) is 0. The Balaban J connectivity index is 0.00000264. The summed E-state index contributed by atoms with van der Waals surface area (Å²) < 4.78 is 6.24. The molecule has 1 atom stereocenters. The lowest BCUT2D eigenvalue weighted by atomic mass is 9.93. The van der Waals surface area contributed by atoms with Gasteiger partial charge >= 0.3 is 0 Å². The molecule has 0 spiro atoms. The van der Waals surface area contributed by atoms with Gasteiger partial charge in [0.15, 0.2) is 0 Å². The molecule has 2 N–H and O–H groups in total. The first kappa shape index (κ1) is 20.4. The number of carbonyl (C=O) groups excluding carboxylic acids is 1. The Labute approximate surface area is 153 Å². The monoisotopic (exact) mass is 404 g/mol. The zero-order valence-corrected chi connectivity index (χ0v) is 15.9. The van der Waals surface area contributed by atoms with E-state index in [0.717, 1.165) is 43.2 Å². The van der Waals surface area contributed by atoms with E-state index in [1.165, 1.54) is 5.56 Å². The zero-order valence-electron chi connectivity index (χ0n) is 13.5. The van der Waals surface area contributed by atoms with Crippen molar-refractivity contribution in [3.8, 4) is 0 Å². The second kappa shape index (κ2) is 10.3. The molecule has 0 radical (unpaired) electrons. The van der Waals surface area contributed by atoms with Crippen LogP contribution in [0.5, 0.6) is 0 Å². The van der Waals surface area contributed by atoms with Crippen LogP contribution in [0.15, 0.2) is 28.7 Å². The number of likely N-dealkylation sites (tertiary alicyclic amines) is 1. The third-order valence-corrected chi connectivity index (χ3v) is 4.74. The number of rotatable bonds is 6. The highest BCUT2D eigenvalue weighted by molar-refractivity contribution is 9.10. The number of hydrogen-bond donors (Lipinski definition) is 1. The van der Waals surface area contributed by atoms with E-state index in [1.807, 2.05) is 17.0 Å². The normalized spacial score (nSPS) is 16.7. The molecule has 1 aromatic carbocycles. The van der Waals surface area contributed by atoms with Crippen molar-refractivity contribution in [1.29, 1.82) is 0 Å². The lowest BCUT2D eigenvalue weighted by molar-refractivity contribution is -0.137. The molecule has 0 aromatic heterocycles. The van der Waals surface area contributed by atoms with Crippen molar-refractivity contribution in [2.24, 2.45) is 11.7 Å². The van der Waals surface area contributed by atoms with Crippen LogP contribution in [0.3, 0.4) is 0 Å². The fourth-order valence-electron chi connectivity index (χ4n) is 2.90. The van der Waals surface area contributed by atoms with Crippen molar-refractivity contribution >= 4 is 34.2 Å². The van der Waals surface area contributed by atoms with Crippen molar-refractivity contribution < 1.29 is 9.53 Å². The second-order valence-electron chi connectivity index (χ2n) is 5.98. The van der Waals surface area contributed by atoms with E-state index >= 15 is 0 Å². The van der Waals surface area contributed by atoms with Crippen molar-refractivity contribution in [2.75, 3.05) is 26.8 Å². The molecule has 23 heavy (non-hydrogen) atoms. The largest absolute Gasteiger partial charge is 0.385 e. The van der Waals surface area contributed by atoms with Gasteiger partial charge in [0.25, 0.3) is 0 Å².